The van der Waals surface area contributed by atoms with Gasteiger partial charge in [-0.25, -0.2) is 9.59 Å². The predicted molar refractivity (Wildman–Crippen MR) is 63.7 cm³/mol. The van der Waals surface area contributed by atoms with Crippen LogP contribution < -0.4 is 5.32 Å². The molecule has 6 heteroatoms. The third-order valence-corrected chi connectivity index (χ3v) is 3.18. The fraction of sp³-hybridized carbons (Fsp3) is 0.800. The highest BCUT2D eigenvalue weighted by Gasteiger charge is 2.33. The summed E-state index contributed by atoms with van der Waals surface area (Å²) in [6.45, 7) is 6.11. The number of carbonyl (C=O) groups excluding carboxylic acids is 1. The van der Waals surface area contributed by atoms with E-state index in [2.05, 4.69) is 5.32 Å². The SMILES string of the molecule is CC(C)(C)NC(=O)N1CCSCC1C(=O)O. The molecule has 1 atom stereocenters. The third-order valence-electron chi connectivity index (χ3n) is 2.16. The Balaban J connectivity index is 2.68. The molecule has 2 N–H and O–H groups in total. The number of rotatable bonds is 1. The molecular weight excluding hydrogens is 228 g/mol. The van der Waals surface area contributed by atoms with Crippen molar-refractivity contribution in [3.05, 3.63) is 0 Å². The minimum absolute atomic E-state index is 0.291. The van der Waals surface area contributed by atoms with Crippen LogP contribution >= 0.6 is 11.8 Å². The van der Waals surface area contributed by atoms with Crippen molar-refractivity contribution < 1.29 is 14.7 Å². The molecule has 0 aromatic carbocycles. The molecule has 0 saturated carbocycles. The second-order valence-corrected chi connectivity index (χ2v) is 5.95. The summed E-state index contributed by atoms with van der Waals surface area (Å²) >= 11 is 1.57. The van der Waals surface area contributed by atoms with Crippen LogP contribution in [0.4, 0.5) is 4.79 Å². The Bertz CT molecular complexity index is 288. The minimum atomic E-state index is -0.934. The number of urea groups is 1. The lowest BCUT2D eigenvalue weighted by Crippen LogP contribution is -2.57. The topological polar surface area (TPSA) is 69.6 Å². The zero-order valence-electron chi connectivity index (χ0n) is 9.82. The van der Waals surface area contributed by atoms with Crippen LogP contribution in [0.3, 0.4) is 0 Å². The Hall–Kier alpha value is -0.910. The highest BCUT2D eigenvalue weighted by Crippen LogP contribution is 2.17. The molecule has 0 spiro atoms. The second kappa shape index (κ2) is 4.95. The van der Waals surface area contributed by atoms with Gasteiger partial charge >= 0.3 is 12.0 Å². The van der Waals surface area contributed by atoms with Crippen molar-refractivity contribution in [3.8, 4) is 0 Å². The van der Waals surface area contributed by atoms with E-state index < -0.39 is 12.0 Å². The molecule has 1 aliphatic rings. The summed E-state index contributed by atoms with van der Waals surface area (Å²) in [6.07, 6.45) is 0. The van der Waals surface area contributed by atoms with Gasteiger partial charge < -0.3 is 15.3 Å². The summed E-state index contributed by atoms with van der Waals surface area (Å²) in [5.74, 6) is 0.324. The van der Waals surface area contributed by atoms with Crippen LogP contribution in [0.25, 0.3) is 0 Å². The van der Waals surface area contributed by atoms with Crippen LogP contribution in [0.5, 0.6) is 0 Å². The molecule has 1 unspecified atom stereocenters. The number of nitrogens with one attached hydrogen (secondary N) is 1. The third kappa shape index (κ3) is 3.59. The summed E-state index contributed by atoms with van der Waals surface area (Å²) in [4.78, 5) is 24.3. The van der Waals surface area contributed by atoms with Crippen molar-refractivity contribution >= 4 is 23.8 Å². The number of hydrogen-bond donors (Lipinski definition) is 2. The minimum Gasteiger partial charge on any atom is -0.480 e. The molecule has 1 heterocycles. The summed E-state index contributed by atoms with van der Waals surface area (Å²) in [7, 11) is 0. The Morgan fingerprint density at radius 2 is 2.06 bits per heavy atom. The number of aliphatic carboxylic acids is 1. The lowest BCUT2D eigenvalue weighted by molar-refractivity contribution is -0.141. The summed E-state index contributed by atoms with van der Waals surface area (Å²) in [5.41, 5.74) is -0.343. The molecule has 0 bridgehead atoms. The van der Waals surface area contributed by atoms with Gasteiger partial charge in [-0.2, -0.15) is 11.8 Å². The quantitative estimate of drug-likeness (QED) is 0.724. The zero-order chi connectivity index (χ0) is 12.3. The number of nitrogens with zero attached hydrogens (tertiary/aromatic N) is 1. The van der Waals surface area contributed by atoms with E-state index in [4.69, 9.17) is 5.11 Å². The van der Waals surface area contributed by atoms with E-state index in [1.807, 2.05) is 20.8 Å². The molecule has 2 amide bonds. The first-order chi connectivity index (χ1) is 7.31. The normalized spacial score (nSPS) is 21.7. The Kier molecular flexibility index (Phi) is 4.07. The Morgan fingerprint density at radius 1 is 1.44 bits per heavy atom. The van der Waals surface area contributed by atoms with Gasteiger partial charge in [-0.05, 0) is 20.8 Å². The molecule has 16 heavy (non-hydrogen) atoms. The average Bonchev–Trinajstić information content (AvgIpc) is 2.15. The van der Waals surface area contributed by atoms with Gasteiger partial charge in [0.1, 0.15) is 6.04 Å². The maximum absolute atomic E-state index is 11.9. The van der Waals surface area contributed by atoms with Crippen molar-refractivity contribution in [2.75, 3.05) is 18.1 Å². The van der Waals surface area contributed by atoms with Crippen LogP contribution in [0.15, 0.2) is 0 Å². The Morgan fingerprint density at radius 3 is 2.56 bits per heavy atom. The maximum Gasteiger partial charge on any atom is 0.327 e. The lowest BCUT2D eigenvalue weighted by atomic mass is 10.1. The smallest absolute Gasteiger partial charge is 0.327 e. The molecule has 92 valence electrons. The predicted octanol–water partition coefficient (Wildman–Crippen LogP) is 0.997. The van der Waals surface area contributed by atoms with Crippen molar-refractivity contribution in [1.82, 2.24) is 10.2 Å². The number of amides is 2. The zero-order valence-corrected chi connectivity index (χ0v) is 10.6. The molecule has 1 fully saturated rings. The average molecular weight is 246 g/mol. The van der Waals surface area contributed by atoms with Crippen LogP contribution in [0.1, 0.15) is 20.8 Å². The molecular formula is C10H18N2O3S. The van der Waals surface area contributed by atoms with Gasteiger partial charge in [0.05, 0.1) is 0 Å². The summed E-state index contributed by atoms with van der Waals surface area (Å²) in [5, 5.41) is 11.8. The Labute approximate surface area is 99.6 Å². The van der Waals surface area contributed by atoms with Gasteiger partial charge in [-0.15, -0.1) is 0 Å². The maximum atomic E-state index is 11.9. The number of carboxylic acids is 1. The number of carbonyl (C=O) groups is 2. The van der Waals surface area contributed by atoms with E-state index >= 15 is 0 Å². The largest absolute Gasteiger partial charge is 0.480 e. The molecule has 0 aromatic rings. The first-order valence-electron chi connectivity index (χ1n) is 5.20. The number of thioether (sulfide) groups is 1. The monoisotopic (exact) mass is 246 g/mol. The fourth-order valence-electron chi connectivity index (χ4n) is 1.44. The first kappa shape index (κ1) is 13.2. The molecule has 1 saturated heterocycles. The molecule has 1 rings (SSSR count). The van der Waals surface area contributed by atoms with Crippen LogP contribution in [-0.2, 0) is 4.79 Å². The second-order valence-electron chi connectivity index (χ2n) is 4.80. The van der Waals surface area contributed by atoms with Gasteiger partial charge in [0.15, 0.2) is 0 Å². The van der Waals surface area contributed by atoms with E-state index in [1.165, 1.54) is 4.90 Å². The standard InChI is InChI=1S/C10H18N2O3S/c1-10(2,3)11-9(15)12-4-5-16-6-7(12)8(13)14/h7H,4-6H2,1-3H3,(H,11,15)(H,13,14). The van der Waals surface area contributed by atoms with Crippen molar-refractivity contribution in [1.29, 1.82) is 0 Å². The van der Waals surface area contributed by atoms with Gasteiger partial charge in [-0.3, -0.25) is 0 Å². The van der Waals surface area contributed by atoms with Gasteiger partial charge in [-0.1, -0.05) is 0 Å². The van der Waals surface area contributed by atoms with Gasteiger partial charge in [0.25, 0.3) is 0 Å². The summed E-state index contributed by atoms with van der Waals surface area (Å²) in [6, 6.07) is -0.999. The van der Waals surface area contributed by atoms with Gasteiger partial charge in [0, 0.05) is 23.6 Å². The molecule has 0 aromatic heterocycles. The number of carboxylic acid groups (broad SMARTS) is 1. The van der Waals surface area contributed by atoms with E-state index in [9.17, 15) is 9.59 Å². The van der Waals surface area contributed by atoms with Gasteiger partial charge in [0.2, 0.25) is 0 Å². The van der Waals surface area contributed by atoms with Crippen LogP contribution in [-0.4, -0.2) is 51.6 Å². The van der Waals surface area contributed by atoms with E-state index in [0.29, 0.717) is 12.3 Å². The first-order valence-corrected chi connectivity index (χ1v) is 6.36. The van der Waals surface area contributed by atoms with E-state index in [1.54, 1.807) is 11.8 Å². The molecule has 0 radical (unpaired) electrons. The molecule has 1 aliphatic heterocycles. The summed E-state index contributed by atoms with van der Waals surface area (Å²) < 4.78 is 0. The van der Waals surface area contributed by atoms with Crippen molar-refractivity contribution in [2.24, 2.45) is 0 Å². The lowest BCUT2D eigenvalue weighted by Gasteiger charge is -2.35. The van der Waals surface area contributed by atoms with Crippen LogP contribution in [0.2, 0.25) is 0 Å². The fourth-order valence-corrected chi connectivity index (χ4v) is 2.48. The van der Waals surface area contributed by atoms with Crippen molar-refractivity contribution in [2.45, 2.75) is 32.4 Å². The number of hydrogen-bond acceptors (Lipinski definition) is 3. The highest BCUT2D eigenvalue weighted by atomic mass is 32.2. The van der Waals surface area contributed by atoms with Crippen molar-refractivity contribution in [3.63, 3.8) is 0 Å². The molecule has 0 aliphatic carbocycles. The molecule has 5 nitrogen and oxygen atoms in total. The highest BCUT2D eigenvalue weighted by molar-refractivity contribution is 7.99. The van der Waals surface area contributed by atoms with Crippen LogP contribution in [0, 0.1) is 0 Å². The van der Waals surface area contributed by atoms with E-state index in [0.717, 1.165) is 5.75 Å². The van der Waals surface area contributed by atoms with E-state index in [-0.39, 0.29) is 11.6 Å².